The number of hydrogen-bond donors (Lipinski definition) is 1. The minimum atomic E-state index is -0.0817. The molecular weight excluding hydrogens is 208 g/mol. The summed E-state index contributed by atoms with van der Waals surface area (Å²) in [5, 5.41) is 10.3. The highest BCUT2D eigenvalue weighted by atomic mass is 16.3. The first kappa shape index (κ1) is 11.3. The van der Waals surface area contributed by atoms with Crippen molar-refractivity contribution in [1.29, 1.82) is 0 Å². The summed E-state index contributed by atoms with van der Waals surface area (Å²) in [7, 11) is 0. The monoisotopic (exact) mass is 230 g/mol. The Balaban J connectivity index is 1.92. The summed E-state index contributed by atoms with van der Waals surface area (Å²) in [6.07, 6.45) is 5.85. The lowest BCUT2D eigenvalue weighted by molar-refractivity contribution is 0.0598. The molecule has 1 heteroatoms. The topological polar surface area (TPSA) is 20.2 Å². The van der Waals surface area contributed by atoms with Gasteiger partial charge in [-0.25, -0.2) is 0 Å². The molecule has 3 atom stereocenters. The summed E-state index contributed by atoms with van der Waals surface area (Å²) in [5.74, 6) is 1.99. The van der Waals surface area contributed by atoms with Crippen LogP contribution in [-0.2, 0) is 12.8 Å². The molecule has 3 rings (SSSR count). The zero-order valence-electron chi connectivity index (χ0n) is 10.6. The molecule has 2 aliphatic carbocycles. The Morgan fingerprint density at radius 3 is 2.12 bits per heavy atom. The largest absolute Gasteiger partial charge is 0.393 e. The summed E-state index contributed by atoms with van der Waals surface area (Å²) in [5.41, 5.74) is 3.07. The van der Waals surface area contributed by atoms with E-state index in [2.05, 4.69) is 31.2 Å². The second kappa shape index (κ2) is 4.45. The third-order valence-corrected chi connectivity index (χ3v) is 4.94. The summed E-state index contributed by atoms with van der Waals surface area (Å²) in [6.45, 7) is 2.11. The van der Waals surface area contributed by atoms with Crippen molar-refractivity contribution in [2.75, 3.05) is 0 Å². The van der Waals surface area contributed by atoms with Crippen LogP contribution in [0.3, 0.4) is 0 Å². The second-order valence-electron chi connectivity index (χ2n) is 5.83. The number of aliphatic hydroxyl groups is 1. The molecule has 0 radical (unpaired) electrons. The summed E-state index contributed by atoms with van der Waals surface area (Å²) < 4.78 is 0. The molecule has 1 aromatic rings. The minimum Gasteiger partial charge on any atom is -0.393 e. The maximum atomic E-state index is 10.3. The van der Waals surface area contributed by atoms with Crippen molar-refractivity contribution < 1.29 is 5.11 Å². The highest BCUT2D eigenvalue weighted by Gasteiger charge is 2.41. The molecular formula is C16H22O. The van der Waals surface area contributed by atoms with E-state index < -0.39 is 0 Å². The van der Waals surface area contributed by atoms with Crippen molar-refractivity contribution >= 4 is 0 Å². The van der Waals surface area contributed by atoms with Gasteiger partial charge in [0.25, 0.3) is 0 Å². The first-order chi connectivity index (χ1) is 8.29. The minimum absolute atomic E-state index is 0.0817. The number of benzene rings is 1. The molecule has 0 aliphatic heterocycles. The van der Waals surface area contributed by atoms with E-state index in [-0.39, 0.29) is 6.10 Å². The molecule has 2 aliphatic rings. The molecule has 1 fully saturated rings. The molecule has 3 unspecified atom stereocenters. The highest BCUT2D eigenvalue weighted by molar-refractivity contribution is 5.30. The fourth-order valence-electron chi connectivity index (χ4n) is 4.10. The molecule has 0 amide bonds. The van der Waals surface area contributed by atoms with Crippen LogP contribution in [0.4, 0.5) is 0 Å². The van der Waals surface area contributed by atoms with E-state index in [1.165, 1.54) is 36.8 Å². The average Bonchev–Trinajstić information content (AvgIpc) is 2.64. The molecule has 1 N–H and O–H groups in total. The second-order valence-corrected chi connectivity index (χ2v) is 5.83. The molecule has 0 aromatic heterocycles. The Morgan fingerprint density at radius 1 is 1.12 bits per heavy atom. The molecule has 0 heterocycles. The fourth-order valence-corrected chi connectivity index (χ4v) is 4.10. The van der Waals surface area contributed by atoms with Gasteiger partial charge in [0.15, 0.2) is 0 Å². The van der Waals surface area contributed by atoms with E-state index in [9.17, 15) is 5.11 Å². The van der Waals surface area contributed by atoms with E-state index in [1.54, 1.807) is 0 Å². The highest BCUT2D eigenvalue weighted by Crippen LogP contribution is 2.46. The van der Waals surface area contributed by atoms with Gasteiger partial charge in [-0.3, -0.25) is 0 Å². The Labute approximate surface area is 104 Å². The Bertz CT molecular complexity index is 365. The summed E-state index contributed by atoms with van der Waals surface area (Å²) in [4.78, 5) is 0. The molecule has 1 nitrogen and oxygen atoms in total. The molecule has 0 saturated heterocycles. The third kappa shape index (κ3) is 1.91. The zero-order valence-corrected chi connectivity index (χ0v) is 10.6. The van der Waals surface area contributed by atoms with Crippen molar-refractivity contribution in [3.05, 3.63) is 35.4 Å². The molecule has 92 valence electrons. The maximum Gasteiger partial charge on any atom is 0.0571 e. The van der Waals surface area contributed by atoms with Crippen LogP contribution in [0.25, 0.3) is 0 Å². The fraction of sp³-hybridized carbons (Fsp3) is 0.625. The van der Waals surface area contributed by atoms with Gasteiger partial charge in [-0.05, 0) is 61.0 Å². The van der Waals surface area contributed by atoms with Gasteiger partial charge in [0.2, 0.25) is 0 Å². The average molecular weight is 230 g/mol. The first-order valence-corrected chi connectivity index (χ1v) is 7.04. The predicted octanol–water partition coefficient (Wildman–Crippen LogP) is 3.20. The van der Waals surface area contributed by atoms with Crippen LogP contribution in [0.2, 0.25) is 0 Å². The van der Waals surface area contributed by atoms with Gasteiger partial charge in [-0.15, -0.1) is 0 Å². The number of aliphatic hydroxyl groups excluding tert-OH is 1. The molecule has 1 saturated carbocycles. The van der Waals surface area contributed by atoms with Crippen molar-refractivity contribution in [3.8, 4) is 0 Å². The van der Waals surface area contributed by atoms with Gasteiger partial charge in [-0.2, -0.15) is 0 Å². The normalized spacial score (nSPS) is 32.9. The van der Waals surface area contributed by atoms with Crippen molar-refractivity contribution in [2.24, 2.45) is 17.8 Å². The standard InChI is InChI=1S/C16H22O/c1-2-15(17)16-13-7-8-14(16)10-12-6-4-3-5-11(12)9-13/h3-6,13-17H,2,7-10H2,1H3. The lowest BCUT2D eigenvalue weighted by atomic mass is 9.82. The maximum absolute atomic E-state index is 10.3. The van der Waals surface area contributed by atoms with Gasteiger partial charge in [0.05, 0.1) is 6.10 Å². The van der Waals surface area contributed by atoms with Crippen molar-refractivity contribution in [3.63, 3.8) is 0 Å². The molecule has 0 spiro atoms. The van der Waals surface area contributed by atoms with Crippen LogP contribution in [0, 0.1) is 17.8 Å². The Morgan fingerprint density at radius 2 is 1.65 bits per heavy atom. The van der Waals surface area contributed by atoms with Gasteiger partial charge >= 0.3 is 0 Å². The van der Waals surface area contributed by atoms with Crippen LogP contribution in [-0.4, -0.2) is 11.2 Å². The van der Waals surface area contributed by atoms with Crippen molar-refractivity contribution in [1.82, 2.24) is 0 Å². The molecule has 1 aromatic carbocycles. The zero-order chi connectivity index (χ0) is 11.8. The predicted molar refractivity (Wildman–Crippen MR) is 69.9 cm³/mol. The smallest absolute Gasteiger partial charge is 0.0571 e. The number of fused-ring (bicyclic) bond motifs is 3. The van der Waals surface area contributed by atoms with E-state index >= 15 is 0 Å². The van der Waals surface area contributed by atoms with E-state index in [0.717, 1.165) is 18.3 Å². The quantitative estimate of drug-likeness (QED) is 0.827. The number of hydrogen-bond acceptors (Lipinski definition) is 1. The number of rotatable bonds is 2. The van der Waals surface area contributed by atoms with Crippen LogP contribution < -0.4 is 0 Å². The Hall–Kier alpha value is -0.820. The van der Waals surface area contributed by atoms with Crippen LogP contribution in [0.15, 0.2) is 24.3 Å². The van der Waals surface area contributed by atoms with E-state index in [4.69, 9.17) is 0 Å². The van der Waals surface area contributed by atoms with Gasteiger partial charge in [-0.1, -0.05) is 31.2 Å². The molecule has 2 bridgehead atoms. The van der Waals surface area contributed by atoms with Gasteiger partial charge in [0.1, 0.15) is 0 Å². The van der Waals surface area contributed by atoms with Crippen LogP contribution in [0.1, 0.15) is 37.3 Å². The SMILES string of the molecule is CCC(O)C1C2CCC1Cc1ccccc1C2. The van der Waals surface area contributed by atoms with E-state index in [0.29, 0.717) is 5.92 Å². The van der Waals surface area contributed by atoms with E-state index in [1.807, 2.05) is 0 Å². The first-order valence-electron chi connectivity index (χ1n) is 7.04. The lowest BCUT2D eigenvalue weighted by Crippen LogP contribution is -2.28. The lowest BCUT2D eigenvalue weighted by Gasteiger charge is -2.26. The Kier molecular flexibility index (Phi) is 2.96. The van der Waals surface area contributed by atoms with Gasteiger partial charge < -0.3 is 5.11 Å². The molecule has 17 heavy (non-hydrogen) atoms. The summed E-state index contributed by atoms with van der Waals surface area (Å²) >= 11 is 0. The third-order valence-electron chi connectivity index (χ3n) is 4.94. The van der Waals surface area contributed by atoms with Gasteiger partial charge in [0, 0.05) is 0 Å². The summed E-state index contributed by atoms with van der Waals surface area (Å²) in [6, 6.07) is 8.88. The van der Waals surface area contributed by atoms with Crippen LogP contribution >= 0.6 is 0 Å². The van der Waals surface area contributed by atoms with Crippen LogP contribution in [0.5, 0.6) is 0 Å². The van der Waals surface area contributed by atoms with Crippen molar-refractivity contribution in [2.45, 2.75) is 45.1 Å².